The summed E-state index contributed by atoms with van der Waals surface area (Å²) < 4.78 is 0. The number of hydrogen-bond donors (Lipinski definition) is 0. The average Bonchev–Trinajstić information content (AvgIpc) is 2.89. The molecular weight excluding hydrogens is 252 g/mol. The van der Waals surface area contributed by atoms with Crippen LogP contribution in [0.15, 0.2) is 17.9 Å². The number of Topliss-reactive ketones (excluding diaryl/α,β-unsaturated/α-hetero) is 1. The number of thiazole rings is 1. The van der Waals surface area contributed by atoms with Gasteiger partial charge in [-0.15, -0.1) is 11.3 Å². The standard InChI is InChI=1S/C11H8N4O2S/c1-15-6-3-13-11(8-4-12-5-18-8)14-10(6)7(16)2-9(15)17/h3-5H,2H2,1H3. The first-order chi connectivity index (χ1) is 8.66. The Morgan fingerprint density at radius 1 is 1.33 bits per heavy atom. The third-order valence-corrected chi connectivity index (χ3v) is 3.50. The Labute approximate surface area is 106 Å². The SMILES string of the molecule is CN1C(=O)CC(=O)c2nc(-c3cncs3)ncc21. The minimum atomic E-state index is -0.263. The summed E-state index contributed by atoms with van der Waals surface area (Å²) in [5.74, 6) is -0.0322. The van der Waals surface area contributed by atoms with Gasteiger partial charge in [0, 0.05) is 13.2 Å². The van der Waals surface area contributed by atoms with Crippen LogP contribution >= 0.6 is 11.3 Å². The van der Waals surface area contributed by atoms with Gasteiger partial charge in [0.15, 0.2) is 11.6 Å². The number of hydrogen-bond acceptors (Lipinski definition) is 6. The molecule has 0 saturated heterocycles. The Morgan fingerprint density at radius 3 is 2.89 bits per heavy atom. The van der Waals surface area contributed by atoms with Gasteiger partial charge in [-0.3, -0.25) is 14.6 Å². The lowest BCUT2D eigenvalue weighted by molar-refractivity contribution is -0.117. The molecule has 0 atom stereocenters. The quantitative estimate of drug-likeness (QED) is 0.719. The van der Waals surface area contributed by atoms with Gasteiger partial charge in [-0.2, -0.15) is 0 Å². The topological polar surface area (TPSA) is 76.1 Å². The molecule has 0 aromatic carbocycles. The molecule has 0 saturated carbocycles. The van der Waals surface area contributed by atoms with Crippen LogP contribution in [0.3, 0.4) is 0 Å². The molecule has 0 bridgehead atoms. The lowest BCUT2D eigenvalue weighted by Crippen LogP contribution is -2.35. The highest BCUT2D eigenvalue weighted by molar-refractivity contribution is 7.13. The maximum atomic E-state index is 11.8. The first-order valence-electron chi connectivity index (χ1n) is 5.22. The maximum absolute atomic E-state index is 11.8. The lowest BCUT2D eigenvalue weighted by Gasteiger charge is -2.23. The van der Waals surface area contributed by atoms with E-state index in [1.54, 1.807) is 18.8 Å². The van der Waals surface area contributed by atoms with Gasteiger partial charge in [0.05, 0.1) is 28.7 Å². The fourth-order valence-corrected chi connectivity index (χ4v) is 2.31. The van der Waals surface area contributed by atoms with Gasteiger partial charge < -0.3 is 4.90 Å². The van der Waals surface area contributed by atoms with Crippen molar-refractivity contribution in [2.24, 2.45) is 0 Å². The number of amides is 1. The van der Waals surface area contributed by atoms with Crippen molar-refractivity contribution in [2.75, 3.05) is 11.9 Å². The van der Waals surface area contributed by atoms with E-state index in [1.807, 2.05) is 0 Å². The number of fused-ring (bicyclic) bond motifs is 1. The van der Waals surface area contributed by atoms with Crippen LogP contribution in [-0.2, 0) is 4.79 Å². The highest BCUT2D eigenvalue weighted by atomic mass is 32.1. The second-order valence-corrected chi connectivity index (χ2v) is 4.73. The minimum absolute atomic E-state index is 0.136. The molecular formula is C11H8N4O2S. The fraction of sp³-hybridized carbons (Fsp3) is 0.182. The molecule has 7 heteroatoms. The molecule has 2 aromatic heterocycles. The summed E-state index contributed by atoms with van der Waals surface area (Å²) in [6.45, 7) is 0. The molecule has 0 unspecified atom stereocenters. The summed E-state index contributed by atoms with van der Waals surface area (Å²) in [7, 11) is 1.61. The van der Waals surface area contributed by atoms with E-state index < -0.39 is 0 Å². The van der Waals surface area contributed by atoms with Crippen molar-refractivity contribution < 1.29 is 9.59 Å². The van der Waals surface area contributed by atoms with E-state index in [0.29, 0.717) is 17.2 Å². The number of ketones is 1. The number of carbonyl (C=O) groups is 2. The second kappa shape index (κ2) is 3.95. The Morgan fingerprint density at radius 2 is 2.17 bits per heavy atom. The minimum Gasteiger partial charge on any atom is -0.312 e. The third kappa shape index (κ3) is 1.60. The van der Waals surface area contributed by atoms with Crippen LogP contribution in [0.25, 0.3) is 10.7 Å². The predicted octanol–water partition coefficient (Wildman–Crippen LogP) is 1.15. The first kappa shape index (κ1) is 11.0. The molecule has 0 fully saturated rings. The lowest BCUT2D eigenvalue weighted by atomic mass is 10.1. The highest BCUT2D eigenvalue weighted by Crippen LogP contribution is 2.27. The highest BCUT2D eigenvalue weighted by Gasteiger charge is 2.29. The Hall–Kier alpha value is -2.15. The van der Waals surface area contributed by atoms with Gasteiger partial charge in [-0.05, 0) is 0 Å². The number of carbonyl (C=O) groups excluding carboxylic acids is 2. The number of rotatable bonds is 1. The van der Waals surface area contributed by atoms with Gasteiger partial charge in [-0.25, -0.2) is 9.97 Å². The van der Waals surface area contributed by atoms with Crippen LogP contribution in [0.4, 0.5) is 5.69 Å². The van der Waals surface area contributed by atoms with Gasteiger partial charge in [0.25, 0.3) is 0 Å². The van der Waals surface area contributed by atoms with Crippen molar-refractivity contribution in [3.63, 3.8) is 0 Å². The predicted molar refractivity (Wildman–Crippen MR) is 65.5 cm³/mol. The summed E-state index contributed by atoms with van der Waals surface area (Å²) in [6, 6.07) is 0. The molecule has 0 radical (unpaired) electrons. The smallest absolute Gasteiger partial charge is 0.234 e. The normalized spacial score (nSPS) is 14.8. The zero-order valence-electron chi connectivity index (χ0n) is 9.45. The van der Waals surface area contributed by atoms with Crippen molar-refractivity contribution in [2.45, 2.75) is 6.42 Å². The van der Waals surface area contributed by atoms with Crippen molar-refractivity contribution >= 4 is 28.7 Å². The van der Waals surface area contributed by atoms with E-state index in [4.69, 9.17) is 0 Å². The third-order valence-electron chi connectivity index (χ3n) is 2.73. The van der Waals surface area contributed by atoms with Crippen LogP contribution in [0.5, 0.6) is 0 Å². The molecule has 1 amide bonds. The number of anilines is 1. The second-order valence-electron chi connectivity index (χ2n) is 3.85. The largest absolute Gasteiger partial charge is 0.312 e. The van der Waals surface area contributed by atoms with Gasteiger partial charge in [0.1, 0.15) is 5.69 Å². The molecule has 3 heterocycles. The van der Waals surface area contributed by atoms with Crippen molar-refractivity contribution in [1.82, 2.24) is 15.0 Å². The van der Waals surface area contributed by atoms with E-state index >= 15 is 0 Å². The summed E-state index contributed by atoms with van der Waals surface area (Å²) >= 11 is 1.40. The van der Waals surface area contributed by atoms with Crippen LogP contribution in [0.1, 0.15) is 16.9 Å². The van der Waals surface area contributed by atoms with E-state index in [0.717, 1.165) is 4.88 Å². The molecule has 1 aliphatic heterocycles. The summed E-state index contributed by atoms with van der Waals surface area (Å²) in [4.78, 5) is 37.9. The molecule has 18 heavy (non-hydrogen) atoms. The van der Waals surface area contributed by atoms with E-state index in [2.05, 4.69) is 15.0 Å². The first-order valence-corrected chi connectivity index (χ1v) is 6.10. The summed E-state index contributed by atoms with van der Waals surface area (Å²) in [5, 5.41) is 0. The Bertz CT molecular complexity index is 638. The number of nitrogens with zero attached hydrogens (tertiary/aromatic N) is 4. The average molecular weight is 260 g/mol. The molecule has 90 valence electrons. The molecule has 0 spiro atoms. The van der Waals surface area contributed by atoms with Crippen LogP contribution in [0, 0.1) is 0 Å². The van der Waals surface area contributed by atoms with E-state index in [1.165, 1.54) is 22.4 Å². The maximum Gasteiger partial charge on any atom is 0.234 e. The van der Waals surface area contributed by atoms with Crippen LogP contribution in [0.2, 0.25) is 0 Å². The van der Waals surface area contributed by atoms with Crippen molar-refractivity contribution in [1.29, 1.82) is 0 Å². The zero-order valence-corrected chi connectivity index (χ0v) is 10.3. The van der Waals surface area contributed by atoms with Crippen LogP contribution in [-0.4, -0.2) is 33.7 Å². The van der Waals surface area contributed by atoms with E-state index in [9.17, 15) is 9.59 Å². The monoisotopic (exact) mass is 260 g/mol. The van der Waals surface area contributed by atoms with E-state index in [-0.39, 0.29) is 18.1 Å². The summed E-state index contributed by atoms with van der Waals surface area (Å²) in [5.41, 5.74) is 2.44. The molecule has 3 rings (SSSR count). The molecule has 0 N–H and O–H groups in total. The zero-order chi connectivity index (χ0) is 12.7. The Kier molecular flexibility index (Phi) is 2.41. The van der Waals surface area contributed by atoms with Gasteiger partial charge in [0.2, 0.25) is 5.91 Å². The summed E-state index contributed by atoms with van der Waals surface area (Å²) in [6.07, 6.45) is 3.02. The molecule has 2 aromatic rings. The van der Waals surface area contributed by atoms with Crippen molar-refractivity contribution in [3.05, 3.63) is 23.6 Å². The van der Waals surface area contributed by atoms with Crippen LogP contribution < -0.4 is 4.90 Å². The van der Waals surface area contributed by atoms with Crippen molar-refractivity contribution in [3.8, 4) is 10.7 Å². The Balaban J connectivity index is 2.13. The van der Waals surface area contributed by atoms with Gasteiger partial charge >= 0.3 is 0 Å². The molecule has 1 aliphatic rings. The molecule has 6 nitrogen and oxygen atoms in total. The van der Waals surface area contributed by atoms with Gasteiger partial charge in [-0.1, -0.05) is 0 Å². The number of aromatic nitrogens is 3. The fourth-order valence-electron chi connectivity index (χ4n) is 1.75. The molecule has 0 aliphatic carbocycles.